The van der Waals surface area contributed by atoms with Gasteiger partial charge in [-0.15, -0.1) is 0 Å². The van der Waals surface area contributed by atoms with Gasteiger partial charge in [0.25, 0.3) is 0 Å². The van der Waals surface area contributed by atoms with Crippen LogP contribution in [0.5, 0.6) is 0 Å². The predicted molar refractivity (Wildman–Crippen MR) is 84.3 cm³/mol. The van der Waals surface area contributed by atoms with Gasteiger partial charge in [-0.05, 0) is 38.9 Å². The van der Waals surface area contributed by atoms with Crippen molar-refractivity contribution in [2.45, 2.75) is 56.5 Å². The Labute approximate surface area is 127 Å². The zero-order valence-corrected chi connectivity index (χ0v) is 13.3. The standard InChI is InChI=1S/C13H25BFNO3S/c1-3-4-8-17-9-13(6-5-7-16-2)11(19-20)10(15)12(14)18-13/h10-12,20H,2-9,14H2,1H3/t10-,11?,12+,13+/m0/s1. The molecule has 0 aromatic carbocycles. The summed E-state index contributed by atoms with van der Waals surface area (Å²) in [6, 6.07) is -0.515. The average molecular weight is 305 g/mol. The van der Waals surface area contributed by atoms with Gasteiger partial charge in [0, 0.05) is 13.2 Å². The molecule has 0 spiro atoms. The summed E-state index contributed by atoms with van der Waals surface area (Å²) in [5.74, 6) is 0. The third-order valence-corrected chi connectivity index (χ3v) is 3.92. The van der Waals surface area contributed by atoms with Crippen LogP contribution in [-0.4, -0.2) is 58.2 Å². The number of aliphatic imine (C=N–C) groups is 1. The molecule has 0 aromatic rings. The first kappa shape index (κ1) is 17.9. The van der Waals surface area contributed by atoms with Gasteiger partial charge in [-0.25, -0.2) is 4.39 Å². The molecule has 0 saturated carbocycles. The lowest BCUT2D eigenvalue weighted by Crippen LogP contribution is -2.47. The minimum absolute atomic E-state index is 0.320. The normalized spacial score (nSPS) is 33.5. The van der Waals surface area contributed by atoms with Crippen molar-refractivity contribution < 1.29 is 18.0 Å². The van der Waals surface area contributed by atoms with Crippen LogP contribution < -0.4 is 0 Å². The number of thiol groups is 1. The molecule has 1 fully saturated rings. The monoisotopic (exact) mass is 305 g/mol. The number of rotatable bonds is 10. The Balaban J connectivity index is 2.69. The summed E-state index contributed by atoms with van der Waals surface area (Å²) in [6.07, 6.45) is 1.50. The van der Waals surface area contributed by atoms with Crippen LogP contribution in [0.3, 0.4) is 0 Å². The van der Waals surface area contributed by atoms with Crippen LogP contribution >= 0.6 is 12.9 Å². The molecule has 1 saturated heterocycles. The molecule has 116 valence electrons. The molecule has 0 aromatic heterocycles. The Morgan fingerprint density at radius 3 is 2.85 bits per heavy atom. The quantitative estimate of drug-likeness (QED) is 0.219. The maximum Gasteiger partial charge on any atom is 0.148 e. The SMILES string of the molecule is B[C@@H]1O[C@](CCCN=C)(COCCCC)C(OS)[C@@H]1F. The van der Waals surface area contributed by atoms with E-state index >= 15 is 0 Å². The van der Waals surface area contributed by atoms with Crippen molar-refractivity contribution >= 4 is 27.5 Å². The Hall–Kier alpha value is -0.105. The maximum atomic E-state index is 14.2. The van der Waals surface area contributed by atoms with E-state index in [9.17, 15) is 4.39 Å². The van der Waals surface area contributed by atoms with E-state index in [2.05, 4.69) is 31.5 Å². The Morgan fingerprint density at radius 1 is 1.50 bits per heavy atom. The number of nitrogens with zero attached hydrogens (tertiary/aromatic N) is 1. The summed E-state index contributed by atoms with van der Waals surface area (Å²) in [6.45, 7) is 7.14. The number of hydrogen-bond acceptors (Lipinski definition) is 5. The number of hydrogen-bond donors (Lipinski definition) is 1. The predicted octanol–water partition coefficient (Wildman–Crippen LogP) is 1.58. The lowest BCUT2D eigenvalue weighted by molar-refractivity contribution is -0.110. The molecule has 4 nitrogen and oxygen atoms in total. The molecular formula is C13H25BFNO3S. The second-order valence-corrected chi connectivity index (χ2v) is 5.53. The van der Waals surface area contributed by atoms with Gasteiger partial charge in [0.15, 0.2) is 0 Å². The molecule has 1 heterocycles. The van der Waals surface area contributed by atoms with E-state index in [4.69, 9.17) is 13.7 Å². The Bertz CT molecular complexity index is 301. The summed E-state index contributed by atoms with van der Waals surface area (Å²) in [7, 11) is 1.71. The molecule has 1 aliphatic rings. The zero-order chi connectivity index (χ0) is 15.0. The summed E-state index contributed by atoms with van der Waals surface area (Å²) in [5.41, 5.74) is -0.779. The van der Waals surface area contributed by atoms with Gasteiger partial charge in [-0.1, -0.05) is 13.3 Å². The molecule has 0 amide bonds. The van der Waals surface area contributed by atoms with Gasteiger partial charge in [0.1, 0.15) is 25.7 Å². The van der Waals surface area contributed by atoms with Crippen molar-refractivity contribution in [1.82, 2.24) is 0 Å². The molecular weight excluding hydrogens is 280 g/mol. The summed E-state index contributed by atoms with van der Waals surface area (Å²) >= 11 is 3.83. The summed E-state index contributed by atoms with van der Waals surface area (Å²) in [5, 5.41) is 0. The number of halogens is 1. The highest BCUT2D eigenvalue weighted by atomic mass is 32.1. The first-order valence-electron chi connectivity index (χ1n) is 7.23. The van der Waals surface area contributed by atoms with E-state index in [0.29, 0.717) is 26.2 Å². The van der Waals surface area contributed by atoms with Gasteiger partial charge in [-0.2, -0.15) is 0 Å². The van der Waals surface area contributed by atoms with E-state index in [1.54, 1.807) is 7.85 Å². The molecule has 1 unspecified atom stereocenters. The Kier molecular flexibility index (Phi) is 8.10. The molecule has 0 N–H and O–H groups in total. The fourth-order valence-electron chi connectivity index (χ4n) is 2.56. The molecule has 0 radical (unpaired) electrons. The van der Waals surface area contributed by atoms with Crippen molar-refractivity contribution in [2.75, 3.05) is 19.8 Å². The van der Waals surface area contributed by atoms with Crippen molar-refractivity contribution in [3.63, 3.8) is 0 Å². The minimum Gasteiger partial charge on any atom is -0.378 e. The number of unbranched alkanes of at least 4 members (excludes halogenated alkanes) is 1. The van der Waals surface area contributed by atoms with Crippen molar-refractivity contribution in [3.05, 3.63) is 0 Å². The fraction of sp³-hybridized carbons (Fsp3) is 0.923. The largest absolute Gasteiger partial charge is 0.378 e. The summed E-state index contributed by atoms with van der Waals surface area (Å²) in [4.78, 5) is 3.83. The zero-order valence-electron chi connectivity index (χ0n) is 12.4. The molecule has 4 atom stereocenters. The Morgan fingerprint density at radius 2 is 2.25 bits per heavy atom. The highest BCUT2D eigenvalue weighted by Crippen LogP contribution is 2.38. The van der Waals surface area contributed by atoms with Crippen LogP contribution in [0.15, 0.2) is 4.99 Å². The minimum atomic E-state index is -1.20. The van der Waals surface area contributed by atoms with Gasteiger partial charge in [-0.3, -0.25) is 0 Å². The third-order valence-electron chi connectivity index (χ3n) is 3.70. The summed E-state index contributed by atoms with van der Waals surface area (Å²) < 4.78 is 30.8. The lowest BCUT2D eigenvalue weighted by atomic mass is 9.88. The van der Waals surface area contributed by atoms with Crippen LogP contribution in [0.25, 0.3) is 0 Å². The molecule has 0 bridgehead atoms. The van der Waals surface area contributed by atoms with E-state index in [1.165, 1.54) is 0 Å². The van der Waals surface area contributed by atoms with Crippen molar-refractivity contribution in [3.8, 4) is 0 Å². The van der Waals surface area contributed by atoms with Gasteiger partial charge in [0.2, 0.25) is 0 Å². The topological polar surface area (TPSA) is 40.0 Å². The highest BCUT2D eigenvalue weighted by Gasteiger charge is 2.54. The van der Waals surface area contributed by atoms with Crippen LogP contribution in [0.4, 0.5) is 4.39 Å². The van der Waals surface area contributed by atoms with Crippen molar-refractivity contribution in [2.24, 2.45) is 4.99 Å². The van der Waals surface area contributed by atoms with E-state index in [1.807, 2.05) is 0 Å². The van der Waals surface area contributed by atoms with Crippen molar-refractivity contribution in [1.29, 1.82) is 0 Å². The van der Waals surface area contributed by atoms with E-state index < -0.39 is 23.9 Å². The first-order valence-corrected chi connectivity index (χ1v) is 7.60. The van der Waals surface area contributed by atoms with Gasteiger partial charge in [0.05, 0.1) is 12.6 Å². The van der Waals surface area contributed by atoms with E-state index in [-0.39, 0.29) is 0 Å². The highest BCUT2D eigenvalue weighted by molar-refractivity contribution is 7.75. The molecule has 7 heteroatoms. The van der Waals surface area contributed by atoms with Crippen LogP contribution in [0.2, 0.25) is 0 Å². The fourth-order valence-corrected chi connectivity index (χ4v) is 2.87. The third kappa shape index (κ3) is 4.45. The number of ether oxygens (including phenoxy) is 2. The average Bonchev–Trinajstić information content (AvgIpc) is 2.67. The smallest absolute Gasteiger partial charge is 0.148 e. The maximum absolute atomic E-state index is 14.2. The van der Waals surface area contributed by atoms with E-state index in [0.717, 1.165) is 19.3 Å². The molecule has 0 aliphatic carbocycles. The van der Waals surface area contributed by atoms with Gasteiger partial charge < -0.3 is 18.6 Å². The molecule has 20 heavy (non-hydrogen) atoms. The second-order valence-electron chi connectivity index (χ2n) is 5.32. The number of alkyl halides is 1. The molecule has 1 rings (SSSR count). The molecule has 1 aliphatic heterocycles. The van der Waals surface area contributed by atoms with Crippen LogP contribution in [0, 0.1) is 0 Å². The van der Waals surface area contributed by atoms with Crippen LogP contribution in [0.1, 0.15) is 32.6 Å². The van der Waals surface area contributed by atoms with Crippen LogP contribution in [-0.2, 0) is 13.7 Å². The van der Waals surface area contributed by atoms with Gasteiger partial charge >= 0.3 is 0 Å². The first-order chi connectivity index (χ1) is 9.61. The lowest BCUT2D eigenvalue weighted by Gasteiger charge is -2.33. The second kappa shape index (κ2) is 9.02.